The number of hydrogen-bond donors (Lipinski definition) is 1. The molecule has 0 bridgehead atoms. The molecule has 6 heteroatoms. The first-order chi connectivity index (χ1) is 8.58. The summed E-state index contributed by atoms with van der Waals surface area (Å²) in [7, 11) is 3.55. The molecule has 1 aliphatic rings. The van der Waals surface area contributed by atoms with Crippen LogP contribution in [0, 0.1) is 0 Å². The number of carbonyl (C=O) groups is 1. The average Bonchev–Trinajstić information content (AvgIpc) is 2.39. The summed E-state index contributed by atoms with van der Waals surface area (Å²) < 4.78 is 0. The van der Waals surface area contributed by atoms with Crippen molar-refractivity contribution in [3.8, 4) is 0 Å². The molecule has 1 fully saturated rings. The number of nitrogens with two attached hydrogens (primary N) is 1. The van der Waals surface area contributed by atoms with E-state index in [-0.39, 0.29) is 6.03 Å². The monoisotopic (exact) mass is 249 g/mol. The summed E-state index contributed by atoms with van der Waals surface area (Å²) in [5.74, 6) is 0.528. The number of aromatic nitrogens is 1. The lowest BCUT2D eigenvalue weighted by atomic mass is 10.3. The Morgan fingerprint density at radius 2 is 1.94 bits per heavy atom. The third kappa shape index (κ3) is 2.64. The van der Waals surface area contributed by atoms with Crippen molar-refractivity contribution in [2.75, 3.05) is 50.9 Å². The molecular formula is C12H19N5O. The maximum absolute atomic E-state index is 11.8. The van der Waals surface area contributed by atoms with Crippen LogP contribution in [0.2, 0.25) is 0 Å². The molecule has 1 aromatic rings. The minimum atomic E-state index is 0.0741. The molecule has 2 N–H and O–H groups in total. The third-order valence-electron chi connectivity index (χ3n) is 3.07. The predicted molar refractivity (Wildman–Crippen MR) is 71.5 cm³/mol. The Balaban J connectivity index is 1.94. The Morgan fingerprint density at radius 3 is 2.44 bits per heavy atom. The first-order valence-corrected chi connectivity index (χ1v) is 6.00. The number of rotatable bonds is 1. The van der Waals surface area contributed by atoms with Crippen LogP contribution in [0.1, 0.15) is 0 Å². The van der Waals surface area contributed by atoms with E-state index in [2.05, 4.69) is 9.88 Å². The predicted octanol–water partition coefficient (Wildman–Crippen LogP) is 0.467. The number of nitrogen functional groups attached to an aromatic ring is 1. The molecule has 1 saturated heterocycles. The topological polar surface area (TPSA) is 65.7 Å². The molecule has 0 atom stereocenters. The molecule has 98 valence electrons. The van der Waals surface area contributed by atoms with Crippen LogP contribution in [0.25, 0.3) is 0 Å². The fourth-order valence-electron chi connectivity index (χ4n) is 2.02. The van der Waals surface area contributed by atoms with Gasteiger partial charge in [0.2, 0.25) is 0 Å². The van der Waals surface area contributed by atoms with Crippen LogP contribution in [0.15, 0.2) is 18.3 Å². The lowest BCUT2D eigenvalue weighted by molar-refractivity contribution is 0.168. The first kappa shape index (κ1) is 12.5. The number of piperazine rings is 1. The number of nitrogens with zero attached hydrogens (tertiary/aromatic N) is 4. The molecule has 6 nitrogen and oxygen atoms in total. The van der Waals surface area contributed by atoms with E-state index >= 15 is 0 Å². The van der Waals surface area contributed by atoms with Gasteiger partial charge in [-0.05, 0) is 12.1 Å². The van der Waals surface area contributed by atoms with Crippen LogP contribution in [-0.4, -0.2) is 61.1 Å². The highest BCUT2D eigenvalue weighted by atomic mass is 16.2. The van der Waals surface area contributed by atoms with Gasteiger partial charge in [-0.25, -0.2) is 9.78 Å². The van der Waals surface area contributed by atoms with Crippen molar-refractivity contribution in [2.45, 2.75) is 0 Å². The lowest BCUT2D eigenvalue weighted by Gasteiger charge is -2.37. The van der Waals surface area contributed by atoms with Gasteiger partial charge in [0, 0.05) is 40.3 Å². The number of carbonyl (C=O) groups excluding carboxylic acids is 1. The zero-order valence-electron chi connectivity index (χ0n) is 10.8. The van der Waals surface area contributed by atoms with Crippen molar-refractivity contribution in [3.05, 3.63) is 18.3 Å². The largest absolute Gasteiger partial charge is 0.384 e. The van der Waals surface area contributed by atoms with Gasteiger partial charge in [0.05, 0.1) is 11.9 Å². The molecule has 0 radical (unpaired) electrons. The minimum absolute atomic E-state index is 0.0741. The maximum atomic E-state index is 11.8. The third-order valence-corrected chi connectivity index (χ3v) is 3.07. The average molecular weight is 249 g/mol. The van der Waals surface area contributed by atoms with Crippen LogP contribution in [0.4, 0.5) is 16.3 Å². The second-order valence-corrected chi connectivity index (χ2v) is 4.59. The molecule has 0 aromatic carbocycles. The van der Waals surface area contributed by atoms with Gasteiger partial charge in [0.25, 0.3) is 0 Å². The summed E-state index contributed by atoms with van der Waals surface area (Å²) in [6.07, 6.45) is 1.78. The van der Waals surface area contributed by atoms with Gasteiger partial charge in [0.15, 0.2) is 0 Å². The molecule has 1 aromatic heterocycles. The van der Waals surface area contributed by atoms with Gasteiger partial charge in [-0.1, -0.05) is 0 Å². The molecule has 2 amide bonds. The van der Waals surface area contributed by atoms with E-state index in [1.807, 2.05) is 11.0 Å². The SMILES string of the molecule is CN(C)C(=O)N1CCN(c2ccc(N)nc2)CC1. The van der Waals surface area contributed by atoms with E-state index in [1.54, 1.807) is 31.3 Å². The molecule has 2 heterocycles. The maximum Gasteiger partial charge on any atom is 0.319 e. The van der Waals surface area contributed by atoms with E-state index in [9.17, 15) is 4.79 Å². The molecule has 0 unspecified atom stereocenters. The second-order valence-electron chi connectivity index (χ2n) is 4.59. The summed E-state index contributed by atoms with van der Waals surface area (Å²) in [4.78, 5) is 21.6. The molecule has 0 saturated carbocycles. The van der Waals surface area contributed by atoms with Crippen LogP contribution in [0.5, 0.6) is 0 Å². The number of amides is 2. The number of anilines is 2. The molecule has 1 aliphatic heterocycles. The molecular weight excluding hydrogens is 230 g/mol. The van der Waals surface area contributed by atoms with Crippen LogP contribution >= 0.6 is 0 Å². The Bertz CT molecular complexity index is 409. The van der Waals surface area contributed by atoms with Crippen molar-refractivity contribution in [1.29, 1.82) is 0 Å². The van der Waals surface area contributed by atoms with Crippen LogP contribution in [-0.2, 0) is 0 Å². The standard InChI is InChI=1S/C12H19N5O/c1-15(2)12(18)17-7-5-16(6-8-17)10-3-4-11(13)14-9-10/h3-4,9H,5-8H2,1-2H3,(H2,13,14). The van der Waals surface area contributed by atoms with Crippen LogP contribution in [0.3, 0.4) is 0 Å². The highest BCUT2D eigenvalue weighted by Crippen LogP contribution is 2.16. The highest BCUT2D eigenvalue weighted by Gasteiger charge is 2.22. The van der Waals surface area contributed by atoms with Crippen molar-refractivity contribution in [3.63, 3.8) is 0 Å². The summed E-state index contributed by atoms with van der Waals surface area (Å²) in [6.45, 7) is 3.12. The van der Waals surface area contributed by atoms with Gasteiger partial charge >= 0.3 is 6.03 Å². The Morgan fingerprint density at radius 1 is 1.28 bits per heavy atom. The summed E-state index contributed by atoms with van der Waals surface area (Å²) >= 11 is 0. The Hall–Kier alpha value is -1.98. The zero-order chi connectivity index (χ0) is 13.1. The minimum Gasteiger partial charge on any atom is -0.384 e. The van der Waals surface area contributed by atoms with E-state index in [0.717, 1.165) is 31.9 Å². The number of pyridine rings is 1. The first-order valence-electron chi connectivity index (χ1n) is 6.00. The Kier molecular flexibility index (Phi) is 3.55. The van der Waals surface area contributed by atoms with Gasteiger partial charge in [-0.2, -0.15) is 0 Å². The van der Waals surface area contributed by atoms with E-state index in [0.29, 0.717) is 5.82 Å². The Labute approximate surface area is 107 Å². The summed E-state index contributed by atoms with van der Waals surface area (Å²) in [6, 6.07) is 3.84. The van der Waals surface area contributed by atoms with E-state index < -0.39 is 0 Å². The molecule has 0 aliphatic carbocycles. The number of urea groups is 1. The summed E-state index contributed by atoms with van der Waals surface area (Å²) in [5.41, 5.74) is 6.62. The van der Waals surface area contributed by atoms with Gasteiger partial charge in [-0.15, -0.1) is 0 Å². The normalized spacial score (nSPS) is 15.7. The van der Waals surface area contributed by atoms with Gasteiger partial charge < -0.3 is 20.4 Å². The fourth-order valence-corrected chi connectivity index (χ4v) is 2.02. The highest BCUT2D eigenvalue weighted by molar-refractivity contribution is 5.74. The smallest absolute Gasteiger partial charge is 0.319 e. The molecule has 0 spiro atoms. The number of hydrogen-bond acceptors (Lipinski definition) is 4. The lowest BCUT2D eigenvalue weighted by Crippen LogP contribution is -2.51. The van der Waals surface area contributed by atoms with Crippen molar-refractivity contribution < 1.29 is 4.79 Å². The van der Waals surface area contributed by atoms with Gasteiger partial charge in [0.1, 0.15) is 5.82 Å². The van der Waals surface area contributed by atoms with E-state index in [4.69, 9.17) is 5.73 Å². The summed E-state index contributed by atoms with van der Waals surface area (Å²) in [5, 5.41) is 0. The fraction of sp³-hybridized carbons (Fsp3) is 0.500. The van der Waals surface area contributed by atoms with E-state index in [1.165, 1.54) is 0 Å². The zero-order valence-corrected chi connectivity index (χ0v) is 10.8. The van der Waals surface area contributed by atoms with Crippen molar-refractivity contribution in [1.82, 2.24) is 14.8 Å². The second kappa shape index (κ2) is 5.12. The van der Waals surface area contributed by atoms with Crippen molar-refractivity contribution in [2.24, 2.45) is 0 Å². The van der Waals surface area contributed by atoms with Crippen LogP contribution < -0.4 is 10.6 Å². The van der Waals surface area contributed by atoms with Crippen molar-refractivity contribution >= 4 is 17.5 Å². The molecule has 2 rings (SSSR count). The van der Waals surface area contributed by atoms with Gasteiger partial charge in [-0.3, -0.25) is 0 Å². The quantitative estimate of drug-likeness (QED) is 0.785. The molecule has 18 heavy (non-hydrogen) atoms.